The first-order valence-corrected chi connectivity index (χ1v) is 7.10. The van der Waals surface area contributed by atoms with Gasteiger partial charge in [0.2, 0.25) is 5.91 Å². The highest BCUT2D eigenvalue weighted by Crippen LogP contribution is 2.26. The van der Waals surface area contributed by atoms with Crippen LogP contribution in [0.2, 0.25) is 0 Å². The van der Waals surface area contributed by atoms with Gasteiger partial charge in [0.1, 0.15) is 5.82 Å². The molecule has 0 radical (unpaired) electrons. The minimum absolute atomic E-state index is 0.0378. The lowest BCUT2D eigenvalue weighted by Gasteiger charge is -2.37. The Bertz CT molecular complexity index is 489. The van der Waals surface area contributed by atoms with Gasteiger partial charge in [-0.1, -0.05) is 12.1 Å². The molecule has 20 heavy (non-hydrogen) atoms. The maximum atomic E-state index is 13.4. The van der Waals surface area contributed by atoms with Crippen molar-refractivity contribution in [1.29, 1.82) is 0 Å². The molecule has 2 aliphatic rings. The predicted molar refractivity (Wildman–Crippen MR) is 72.6 cm³/mol. The highest BCUT2D eigenvalue weighted by atomic mass is 19.1. The first-order valence-electron chi connectivity index (χ1n) is 7.10. The zero-order chi connectivity index (χ0) is 13.9. The molecule has 2 fully saturated rings. The molecule has 2 unspecified atom stereocenters. The number of benzene rings is 1. The van der Waals surface area contributed by atoms with Gasteiger partial charge in [0, 0.05) is 26.2 Å². The molecule has 2 atom stereocenters. The molecule has 108 valence electrons. The molecule has 0 bridgehead atoms. The summed E-state index contributed by atoms with van der Waals surface area (Å²) in [5.74, 6) is -0.160. The fraction of sp³-hybridized carbons (Fsp3) is 0.533. The molecule has 5 heteroatoms. The maximum absolute atomic E-state index is 13.4. The summed E-state index contributed by atoms with van der Waals surface area (Å²) in [5.41, 5.74) is 0.851. The number of nitrogens with one attached hydrogen (secondary N) is 1. The highest BCUT2D eigenvalue weighted by molar-refractivity contribution is 5.80. The third kappa shape index (κ3) is 2.69. The molecule has 4 nitrogen and oxygen atoms in total. The van der Waals surface area contributed by atoms with Crippen molar-refractivity contribution in [3.63, 3.8) is 0 Å². The van der Waals surface area contributed by atoms with Gasteiger partial charge in [-0.3, -0.25) is 4.79 Å². The Morgan fingerprint density at radius 1 is 1.45 bits per heavy atom. The summed E-state index contributed by atoms with van der Waals surface area (Å²) in [6, 6.07) is 6.43. The van der Waals surface area contributed by atoms with E-state index in [-0.39, 0.29) is 23.7 Å². The van der Waals surface area contributed by atoms with Crippen molar-refractivity contribution in [3.8, 4) is 0 Å². The summed E-state index contributed by atoms with van der Waals surface area (Å²) in [4.78, 5) is 14.5. The molecule has 2 aliphatic heterocycles. The van der Waals surface area contributed by atoms with Crippen LogP contribution in [0.1, 0.15) is 18.0 Å². The van der Waals surface area contributed by atoms with Crippen LogP contribution in [-0.4, -0.2) is 43.7 Å². The molecule has 3 rings (SSSR count). The molecule has 2 saturated heterocycles. The second-order valence-electron chi connectivity index (χ2n) is 5.37. The van der Waals surface area contributed by atoms with E-state index in [0.29, 0.717) is 26.3 Å². The van der Waals surface area contributed by atoms with E-state index in [9.17, 15) is 9.18 Å². The molecular weight excluding hydrogens is 259 g/mol. The van der Waals surface area contributed by atoms with Crippen molar-refractivity contribution in [3.05, 3.63) is 35.6 Å². The van der Waals surface area contributed by atoms with Crippen molar-refractivity contribution in [2.75, 3.05) is 32.8 Å². The first kappa shape index (κ1) is 13.5. The smallest absolute Gasteiger partial charge is 0.228 e. The number of carbonyl (C=O) groups excluding carboxylic acids is 1. The second-order valence-corrected chi connectivity index (χ2v) is 5.37. The van der Waals surface area contributed by atoms with Gasteiger partial charge in [0.25, 0.3) is 0 Å². The SMILES string of the molecule is O=C(C1CCOC1)N1CCNCC1c1cccc(F)c1. The standard InChI is InChI=1S/C15H19FN2O2/c16-13-3-1-2-11(8-13)14-9-17-5-6-18(14)15(19)12-4-7-20-10-12/h1-3,8,12,14,17H,4-7,9-10H2. The van der Waals surface area contributed by atoms with Crippen LogP contribution >= 0.6 is 0 Å². The number of amides is 1. The zero-order valence-electron chi connectivity index (χ0n) is 11.3. The topological polar surface area (TPSA) is 41.6 Å². The molecule has 2 heterocycles. The summed E-state index contributed by atoms with van der Waals surface area (Å²) in [6.07, 6.45) is 0.790. The predicted octanol–water partition coefficient (Wildman–Crippen LogP) is 1.34. The number of nitrogens with zero attached hydrogens (tertiary/aromatic N) is 1. The first-order chi connectivity index (χ1) is 9.75. The molecule has 0 aromatic heterocycles. The third-order valence-electron chi connectivity index (χ3n) is 4.04. The lowest BCUT2D eigenvalue weighted by atomic mass is 9.99. The Hall–Kier alpha value is -1.46. The Kier molecular flexibility index (Phi) is 3.98. The van der Waals surface area contributed by atoms with Crippen LogP contribution in [0.15, 0.2) is 24.3 Å². The van der Waals surface area contributed by atoms with E-state index >= 15 is 0 Å². The summed E-state index contributed by atoms with van der Waals surface area (Å²) >= 11 is 0. The van der Waals surface area contributed by atoms with Crippen molar-refractivity contribution in [2.24, 2.45) is 5.92 Å². The second kappa shape index (κ2) is 5.89. The van der Waals surface area contributed by atoms with Crippen molar-refractivity contribution in [1.82, 2.24) is 10.2 Å². The van der Waals surface area contributed by atoms with Gasteiger partial charge in [0.15, 0.2) is 0 Å². The fourth-order valence-electron chi connectivity index (χ4n) is 2.94. The van der Waals surface area contributed by atoms with Crippen LogP contribution < -0.4 is 5.32 Å². The van der Waals surface area contributed by atoms with Crippen molar-refractivity contribution >= 4 is 5.91 Å². The number of rotatable bonds is 2. The Morgan fingerprint density at radius 3 is 3.10 bits per heavy atom. The van der Waals surface area contributed by atoms with Crippen molar-refractivity contribution < 1.29 is 13.9 Å². The van der Waals surface area contributed by atoms with Crippen LogP contribution in [0.3, 0.4) is 0 Å². The molecule has 1 aromatic rings. The van der Waals surface area contributed by atoms with Crippen LogP contribution in [-0.2, 0) is 9.53 Å². The Labute approximate surface area is 117 Å². The van der Waals surface area contributed by atoms with Gasteiger partial charge >= 0.3 is 0 Å². The monoisotopic (exact) mass is 278 g/mol. The molecule has 0 saturated carbocycles. The molecule has 0 spiro atoms. The van der Waals surface area contributed by atoms with E-state index < -0.39 is 0 Å². The summed E-state index contributed by atoms with van der Waals surface area (Å²) < 4.78 is 18.7. The summed E-state index contributed by atoms with van der Waals surface area (Å²) in [7, 11) is 0. The lowest BCUT2D eigenvalue weighted by Crippen LogP contribution is -2.50. The summed E-state index contributed by atoms with van der Waals surface area (Å²) in [6.45, 7) is 3.29. The van der Waals surface area contributed by atoms with E-state index in [2.05, 4.69) is 5.32 Å². The largest absolute Gasteiger partial charge is 0.381 e. The molecular formula is C15H19FN2O2. The van der Waals surface area contributed by atoms with Crippen LogP contribution in [0, 0.1) is 11.7 Å². The zero-order valence-corrected chi connectivity index (χ0v) is 11.3. The van der Waals surface area contributed by atoms with Gasteiger partial charge in [0.05, 0.1) is 18.6 Å². The minimum Gasteiger partial charge on any atom is -0.381 e. The van der Waals surface area contributed by atoms with Gasteiger partial charge in [-0.05, 0) is 24.1 Å². The third-order valence-corrected chi connectivity index (χ3v) is 4.04. The normalized spacial score (nSPS) is 26.8. The van der Waals surface area contributed by atoms with Gasteiger partial charge in [-0.25, -0.2) is 4.39 Å². The molecule has 1 N–H and O–H groups in total. The van der Waals surface area contributed by atoms with Gasteiger partial charge in [-0.2, -0.15) is 0 Å². The highest BCUT2D eigenvalue weighted by Gasteiger charge is 2.34. The molecule has 1 amide bonds. The number of hydrogen-bond donors (Lipinski definition) is 1. The fourth-order valence-corrected chi connectivity index (χ4v) is 2.94. The number of piperazine rings is 1. The maximum Gasteiger partial charge on any atom is 0.228 e. The average Bonchev–Trinajstić information content (AvgIpc) is 3.01. The Morgan fingerprint density at radius 2 is 2.35 bits per heavy atom. The van der Waals surface area contributed by atoms with E-state index in [1.807, 2.05) is 11.0 Å². The van der Waals surface area contributed by atoms with Crippen LogP contribution in [0.4, 0.5) is 4.39 Å². The van der Waals surface area contributed by atoms with Crippen LogP contribution in [0.25, 0.3) is 0 Å². The van der Waals surface area contributed by atoms with Gasteiger partial charge < -0.3 is 15.0 Å². The average molecular weight is 278 g/mol. The minimum atomic E-state index is -0.260. The quantitative estimate of drug-likeness (QED) is 0.887. The van der Waals surface area contributed by atoms with Crippen molar-refractivity contribution in [2.45, 2.75) is 12.5 Å². The molecule has 1 aromatic carbocycles. The number of hydrogen-bond acceptors (Lipinski definition) is 3. The van der Waals surface area contributed by atoms with E-state index in [4.69, 9.17) is 4.74 Å². The molecule has 0 aliphatic carbocycles. The Balaban J connectivity index is 1.81. The number of ether oxygens (including phenoxy) is 1. The lowest BCUT2D eigenvalue weighted by molar-refractivity contribution is -0.139. The van der Waals surface area contributed by atoms with E-state index in [1.54, 1.807) is 6.07 Å². The number of halogens is 1. The van der Waals surface area contributed by atoms with Gasteiger partial charge in [-0.15, -0.1) is 0 Å². The summed E-state index contributed by atoms with van der Waals surface area (Å²) in [5, 5.41) is 3.28. The van der Waals surface area contributed by atoms with E-state index in [0.717, 1.165) is 18.5 Å². The number of carbonyl (C=O) groups is 1. The van der Waals surface area contributed by atoms with Crippen LogP contribution in [0.5, 0.6) is 0 Å². The van der Waals surface area contributed by atoms with E-state index in [1.165, 1.54) is 12.1 Å².